The molecule has 0 aliphatic carbocycles. The van der Waals surface area contributed by atoms with Crippen LogP contribution in [-0.2, 0) is 0 Å². The van der Waals surface area contributed by atoms with Crippen LogP contribution >= 0.6 is 0 Å². The van der Waals surface area contributed by atoms with Crippen LogP contribution in [0.1, 0.15) is 41.5 Å². The second kappa shape index (κ2) is 6.09. The maximum atomic E-state index is 13.7. The fourth-order valence-corrected chi connectivity index (χ4v) is 3.13. The lowest BCUT2D eigenvalue weighted by molar-refractivity contribution is 0.0978. The standard InChI is InChI=1S/C19H18FN3O3/c1-10(2)14-9-13(17-11(3)22-26-18(17)21-14)19(24)23-6-7-25-16-5-4-12(20)8-15(16)23/h4-5,8-10H,6-7H2,1-3H3. The van der Waals surface area contributed by atoms with Gasteiger partial charge in [-0.25, -0.2) is 9.37 Å². The molecule has 7 heteroatoms. The summed E-state index contributed by atoms with van der Waals surface area (Å²) in [5.41, 5.74) is 2.55. The first-order valence-electron chi connectivity index (χ1n) is 8.47. The molecule has 6 nitrogen and oxygen atoms in total. The molecular formula is C19H18FN3O3. The Morgan fingerprint density at radius 1 is 1.31 bits per heavy atom. The number of carbonyl (C=O) groups excluding carboxylic acids is 1. The van der Waals surface area contributed by atoms with Gasteiger partial charge in [0.2, 0.25) is 0 Å². The van der Waals surface area contributed by atoms with Gasteiger partial charge in [0.1, 0.15) is 18.2 Å². The minimum atomic E-state index is -0.420. The smallest absolute Gasteiger partial charge is 0.259 e. The predicted octanol–water partition coefficient (Wildman–Crippen LogP) is 3.83. The van der Waals surface area contributed by atoms with Gasteiger partial charge in [-0.1, -0.05) is 19.0 Å². The molecule has 0 radical (unpaired) electrons. The molecule has 26 heavy (non-hydrogen) atoms. The number of ether oxygens (including phenoxy) is 1. The monoisotopic (exact) mass is 355 g/mol. The number of hydrogen-bond donors (Lipinski definition) is 0. The van der Waals surface area contributed by atoms with Crippen molar-refractivity contribution in [2.45, 2.75) is 26.7 Å². The van der Waals surface area contributed by atoms with E-state index in [2.05, 4.69) is 10.1 Å². The van der Waals surface area contributed by atoms with Gasteiger partial charge in [-0.05, 0) is 31.0 Å². The number of aryl methyl sites for hydroxylation is 1. The van der Waals surface area contributed by atoms with E-state index in [1.165, 1.54) is 23.1 Å². The Hall–Kier alpha value is -2.96. The molecule has 0 fully saturated rings. The normalized spacial score (nSPS) is 13.8. The van der Waals surface area contributed by atoms with Crippen molar-refractivity contribution in [3.8, 4) is 5.75 Å². The molecule has 1 amide bonds. The number of carbonyl (C=O) groups is 1. The molecule has 0 bridgehead atoms. The molecule has 0 saturated heterocycles. The Kier molecular flexibility index (Phi) is 3.86. The lowest BCUT2D eigenvalue weighted by Crippen LogP contribution is -2.38. The molecule has 0 unspecified atom stereocenters. The van der Waals surface area contributed by atoms with E-state index in [1.54, 1.807) is 13.0 Å². The Bertz CT molecular complexity index is 1010. The summed E-state index contributed by atoms with van der Waals surface area (Å²) in [6, 6.07) is 5.94. The summed E-state index contributed by atoms with van der Waals surface area (Å²) in [6.45, 7) is 6.43. The van der Waals surface area contributed by atoms with Crippen LogP contribution < -0.4 is 9.64 Å². The van der Waals surface area contributed by atoms with Crippen molar-refractivity contribution in [1.82, 2.24) is 10.1 Å². The molecule has 0 saturated carbocycles. The van der Waals surface area contributed by atoms with Gasteiger partial charge in [-0.2, -0.15) is 0 Å². The van der Waals surface area contributed by atoms with Crippen LogP contribution in [0.25, 0.3) is 11.1 Å². The van der Waals surface area contributed by atoms with Gasteiger partial charge in [0, 0.05) is 11.8 Å². The number of benzene rings is 1. The number of aromatic nitrogens is 2. The number of nitrogens with zero attached hydrogens (tertiary/aromatic N) is 3. The van der Waals surface area contributed by atoms with Gasteiger partial charge >= 0.3 is 0 Å². The largest absolute Gasteiger partial charge is 0.490 e. The van der Waals surface area contributed by atoms with Crippen LogP contribution in [-0.4, -0.2) is 29.2 Å². The predicted molar refractivity (Wildman–Crippen MR) is 94.2 cm³/mol. The van der Waals surface area contributed by atoms with Crippen molar-refractivity contribution >= 4 is 22.7 Å². The van der Waals surface area contributed by atoms with Crippen molar-refractivity contribution in [2.75, 3.05) is 18.1 Å². The number of anilines is 1. The molecule has 3 heterocycles. The van der Waals surface area contributed by atoms with Crippen LogP contribution in [0.5, 0.6) is 5.75 Å². The summed E-state index contributed by atoms with van der Waals surface area (Å²) in [6.07, 6.45) is 0. The van der Waals surface area contributed by atoms with Gasteiger partial charge in [-0.3, -0.25) is 4.79 Å². The molecular weight excluding hydrogens is 337 g/mol. The Balaban J connectivity index is 1.88. The molecule has 3 aromatic rings. The first kappa shape index (κ1) is 16.5. The molecule has 0 atom stereocenters. The zero-order chi connectivity index (χ0) is 18.4. The maximum Gasteiger partial charge on any atom is 0.259 e. The van der Waals surface area contributed by atoms with Crippen LogP contribution in [0, 0.1) is 12.7 Å². The lowest BCUT2D eigenvalue weighted by atomic mass is 10.0. The third kappa shape index (κ3) is 2.60. The van der Waals surface area contributed by atoms with E-state index >= 15 is 0 Å². The molecule has 1 aliphatic rings. The summed E-state index contributed by atoms with van der Waals surface area (Å²) in [5, 5.41) is 4.54. The topological polar surface area (TPSA) is 68.5 Å². The first-order chi connectivity index (χ1) is 12.5. The van der Waals surface area contributed by atoms with E-state index in [4.69, 9.17) is 9.26 Å². The van der Waals surface area contributed by atoms with E-state index in [1.807, 2.05) is 13.8 Å². The second-order valence-electron chi connectivity index (χ2n) is 6.61. The highest BCUT2D eigenvalue weighted by atomic mass is 19.1. The van der Waals surface area contributed by atoms with E-state index in [0.717, 1.165) is 5.69 Å². The van der Waals surface area contributed by atoms with E-state index in [0.29, 0.717) is 46.9 Å². The highest BCUT2D eigenvalue weighted by Gasteiger charge is 2.28. The Morgan fingerprint density at radius 3 is 2.88 bits per heavy atom. The quantitative estimate of drug-likeness (QED) is 0.699. The van der Waals surface area contributed by atoms with Crippen LogP contribution in [0.4, 0.5) is 10.1 Å². The van der Waals surface area contributed by atoms with Gasteiger partial charge in [-0.15, -0.1) is 0 Å². The third-order valence-electron chi connectivity index (χ3n) is 4.49. The second-order valence-corrected chi connectivity index (χ2v) is 6.61. The Morgan fingerprint density at radius 2 is 2.12 bits per heavy atom. The molecule has 134 valence electrons. The van der Waals surface area contributed by atoms with Crippen molar-refractivity contribution in [2.24, 2.45) is 0 Å². The number of amides is 1. The lowest BCUT2D eigenvalue weighted by Gasteiger charge is -2.29. The number of hydrogen-bond acceptors (Lipinski definition) is 5. The first-order valence-corrected chi connectivity index (χ1v) is 8.47. The van der Waals surface area contributed by atoms with Crippen LogP contribution in [0.3, 0.4) is 0 Å². The van der Waals surface area contributed by atoms with Crippen molar-refractivity contribution in [3.63, 3.8) is 0 Å². The molecule has 2 aromatic heterocycles. The average Bonchev–Trinajstić information content (AvgIpc) is 3.01. The summed E-state index contributed by atoms with van der Waals surface area (Å²) in [4.78, 5) is 19.4. The van der Waals surface area contributed by atoms with Gasteiger partial charge in [0.15, 0.2) is 0 Å². The highest BCUT2D eigenvalue weighted by molar-refractivity contribution is 6.14. The maximum absolute atomic E-state index is 13.7. The minimum Gasteiger partial charge on any atom is -0.490 e. The molecule has 0 spiro atoms. The number of rotatable bonds is 2. The molecule has 1 aromatic carbocycles. The third-order valence-corrected chi connectivity index (χ3v) is 4.49. The summed E-state index contributed by atoms with van der Waals surface area (Å²) >= 11 is 0. The summed E-state index contributed by atoms with van der Waals surface area (Å²) in [5.74, 6) is -0.0649. The summed E-state index contributed by atoms with van der Waals surface area (Å²) < 4.78 is 24.6. The SMILES string of the molecule is Cc1noc2nc(C(C)C)cc(C(=O)N3CCOc4ccc(F)cc43)c12. The highest BCUT2D eigenvalue weighted by Crippen LogP contribution is 2.34. The minimum absolute atomic E-state index is 0.116. The zero-order valence-corrected chi connectivity index (χ0v) is 14.7. The Labute approximate surface area is 149 Å². The van der Waals surface area contributed by atoms with E-state index in [9.17, 15) is 9.18 Å². The fraction of sp³-hybridized carbons (Fsp3) is 0.316. The number of pyridine rings is 1. The molecule has 1 aliphatic heterocycles. The van der Waals surface area contributed by atoms with E-state index < -0.39 is 5.82 Å². The van der Waals surface area contributed by atoms with Crippen LogP contribution in [0.2, 0.25) is 0 Å². The van der Waals surface area contributed by atoms with Crippen LogP contribution in [0.15, 0.2) is 28.8 Å². The van der Waals surface area contributed by atoms with Gasteiger partial charge in [0.05, 0.1) is 28.9 Å². The average molecular weight is 355 g/mol. The molecule has 0 N–H and O–H groups in total. The van der Waals surface area contributed by atoms with Crippen molar-refractivity contribution < 1.29 is 18.4 Å². The van der Waals surface area contributed by atoms with Gasteiger partial charge < -0.3 is 14.2 Å². The zero-order valence-electron chi connectivity index (χ0n) is 14.7. The van der Waals surface area contributed by atoms with Crippen molar-refractivity contribution in [3.05, 3.63) is 47.0 Å². The summed E-state index contributed by atoms with van der Waals surface area (Å²) in [7, 11) is 0. The number of halogens is 1. The number of fused-ring (bicyclic) bond motifs is 2. The fourth-order valence-electron chi connectivity index (χ4n) is 3.13. The molecule has 4 rings (SSSR count). The van der Waals surface area contributed by atoms with Gasteiger partial charge in [0.25, 0.3) is 11.6 Å². The van der Waals surface area contributed by atoms with Crippen molar-refractivity contribution in [1.29, 1.82) is 0 Å². The van der Waals surface area contributed by atoms with E-state index in [-0.39, 0.29) is 11.8 Å².